The second-order valence-electron chi connectivity index (χ2n) is 2.44. The van der Waals surface area contributed by atoms with Crippen LogP contribution in [-0.2, 0) is 6.42 Å². The molecule has 0 saturated heterocycles. The van der Waals surface area contributed by atoms with Gasteiger partial charge in [-0.05, 0) is 22.0 Å². The number of alkyl halides is 2. The molecule has 74 valence electrons. The van der Waals surface area contributed by atoms with Crippen LogP contribution >= 0.6 is 15.9 Å². The van der Waals surface area contributed by atoms with Gasteiger partial charge in [0, 0.05) is 0 Å². The van der Waals surface area contributed by atoms with E-state index in [0.29, 0.717) is 0 Å². The van der Waals surface area contributed by atoms with Crippen molar-refractivity contribution in [2.75, 3.05) is 0 Å². The molecule has 2 nitrogen and oxygen atoms in total. The molecule has 1 aromatic rings. The summed E-state index contributed by atoms with van der Waals surface area (Å²) in [6, 6.07) is 2.59. The normalized spacial score (nSPS) is 10.3. The maximum Gasteiger partial charge on any atom is 0.269 e. The lowest BCUT2D eigenvalue weighted by molar-refractivity contribution is 0.144. The number of nitriles is 1. The maximum atomic E-state index is 13.0. The standard InChI is InChI=1S/C8H4BrF3N2/c9-7-6(8(11)12)5(10)3-4(14-7)1-2-13/h3,8H,1H2. The van der Waals surface area contributed by atoms with E-state index in [2.05, 4.69) is 20.9 Å². The van der Waals surface area contributed by atoms with E-state index in [4.69, 9.17) is 5.26 Å². The Labute approximate surface area is 86.5 Å². The molecule has 1 rings (SSSR count). The van der Waals surface area contributed by atoms with Gasteiger partial charge in [0.05, 0.1) is 23.7 Å². The van der Waals surface area contributed by atoms with E-state index < -0.39 is 17.8 Å². The molecule has 0 unspecified atom stereocenters. The molecule has 0 fully saturated rings. The average molecular weight is 265 g/mol. The highest BCUT2D eigenvalue weighted by atomic mass is 79.9. The van der Waals surface area contributed by atoms with Crippen LogP contribution in [0.3, 0.4) is 0 Å². The van der Waals surface area contributed by atoms with Crippen LogP contribution in [0.5, 0.6) is 0 Å². The van der Waals surface area contributed by atoms with E-state index in [1.54, 1.807) is 6.07 Å². The largest absolute Gasteiger partial charge is 0.269 e. The van der Waals surface area contributed by atoms with E-state index in [1.165, 1.54) is 0 Å². The number of hydrogen-bond donors (Lipinski definition) is 0. The molecule has 0 N–H and O–H groups in total. The molecule has 0 aliphatic heterocycles. The first-order valence-corrected chi connectivity index (χ1v) is 4.35. The second-order valence-corrected chi connectivity index (χ2v) is 3.19. The summed E-state index contributed by atoms with van der Waals surface area (Å²) in [5.74, 6) is -1.05. The molecule has 0 saturated carbocycles. The van der Waals surface area contributed by atoms with E-state index >= 15 is 0 Å². The van der Waals surface area contributed by atoms with E-state index in [-0.39, 0.29) is 16.7 Å². The fraction of sp³-hybridized carbons (Fsp3) is 0.250. The van der Waals surface area contributed by atoms with Gasteiger partial charge in [-0.1, -0.05) is 0 Å². The van der Waals surface area contributed by atoms with Gasteiger partial charge < -0.3 is 0 Å². The fourth-order valence-electron chi connectivity index (χ4n) is 0.907. The van der Waals surface area contributed by atoms with Crippen molar-refractivity contribution in [3.8, 4) is 6.07 Å². The third-order valence-electron chi connectivity index (χ3n) is 1.49. The van der Waals surface area contributed by atoms with Gasteiger partial charge in [0.15, 0.2) is 0 Å². The summed E-state index contributed by atoms with van der Waals surface area (Å²) in [6.07, 6.45) is -3.04. The first-order valence-electron chi connectivity index (χ1n) is 3.56. The van der Waals surface area contributed by atoms with Crippen molar-refractivity contribution in [1.82, 2.24) is 4.98 Å². The molecule has 6 heteroatoms. The molecule has 0 radical (unpaired) electrons. The van der Waals surface area contributed by atoms with Gasteiger partial charge in [-0.25, -0.2) is 18.2 Å². The molecule has 0 aliphatic carbocycles. The summed E-state index contributed by atoms with van der Waals surface area (Å²) >= 11 is 2.73. The van der Waals surface area contributed by atoms with Gasteiger partial charge in [0.25, 0.3) is 6.43 Å². The van der Waals surface area contributed by atoms with Gasteiger partial charge in [-0.15, -0.1) is 0 Å². The molecule has 0 bridgehead atoms. The number of aromatic nitrogens is 1. The van der Waals surface area contributed by atoms with Crippen LogP contribution in [0.1, 0.15) is 17.7 Å². The highest BCUT2D eigenvalue weighted by molar-refractivity contribution is 9.10. The smallest absolute Gasteiger partial charge is 0.244 e. The van der Waals surface area contributed by atoms with Crippen molar-refractivity contribution < 1.29 is 13.2 Å². The van der Waals surface area contributed by atoms with Gasteiger partial charge in [0.2, 0.25) is 0 Å². The summed E-state index contributed by atoms with van der Waals surface area (Å²) < 4.78 is 37.2. The SMILES string of the molecule is N#CCc1cc(F)c(C(F)F)c(Br)n1. The Morgan fingerprint density at radius 2 is 2.21 bits per heavy atom. The zero-order valence-corrected chi connectivity index (χ0v) is 8.35. The summed E-state index contributed by atoms with van der Waals surface area (Å²) in [6.45, 7) is 0. The lowest BCUT2D eigenvalue weighted by Gasteiger charge is -2.05. The van der Waals surface area contributed by atoms with Gasteiger partial charge in [-0.2, -0.15) is 5.26 Å². The minimum atomic E-state index is -2.92. The topological polar surface area (TPSA) is 36.7 Å². The van der Waals surface area contributed by atoms with Gasteiger partial charge >= 0.3 is 0 Å². The Balaban J connectivity index is 3.19. The van der Waals surface area contributed by atoms with E-state index in [0.717, 1.165) is 6.07 Å². The van der Waals surface area contributed by atoms with Crippen LogP contribution in [0.25, 0.3) is 0 Å². The summed E-state index contributed by atoms with van der Waals surface area (Å²) in [7, 11) is 0. The highest BCUT2D eigenvalue weighted by Crippen LogP contribution is 2.28. The summed E-state index contributed by atoms with van der Waals surface area (Å²) in [4.78, 5) is 3.62. The van der Waals surface area contributed by atoms with E-state index in [1.807, 2.05) is 0 Å². The molecule has 1 heterocycles. The first-order chi connectivity index (χ1) is 6.56. The molecular weight excluding hydrogens is 261 g/mol. The highest BCUT2D eigenvalue weighted by Gasteiger charge is 2.19. The first kappa shape index (κ1) is 11.0. The minimum Gasteiger partial charge on any atom is -0.244 e. The molecule has 0 atom stereocenters. The quantitative estimate of drug-likeness (QED) is 0.771. The molecule has 14 heavy (non-hydrogen) atoms. The fourth-order valence-corrected chi connectivity index (χ4v) is 1.50. The monoisotopic (exact) mass is 264 g/mol. The molecule has 0 aliphatic rings. The average Bonchev–Trinajstić information content (AvgIpc) is 2.01. The van der Waals surface area contributed by atoms with Crippen molar-refractivity contribution in [2.24, 2.45) is 0 Å². The lowest BCUT2D eigenvalue weighted by Crippen LogP contribution is -1.99. The van der Waals surface area contributed by atoms with Crippen molar-refractivity contribution in [3.63, 3.8) is 0 Å². The van der Waals surface area contributed by atoms with Crippen LogP contribution in [0, 0.1) is 17.1 Å². The van der Waals surface area contributed by atoms with Gasteiger partial charge in [-0.3, -0.25) is 0 Å². The number of nitrogens with zero attached hydrogens (tertiary/aromatic N) is 2. The zero-order valence-electron chi connectivity index (χ0n) is 6.77. The predicted molar refractivity (Wildman–Crippen MR) is 46.2 cm³/mol. The zero-order chi connectivity index (χ0) is 10.7. The predicted octanol–water partition coefficient (Wildman–Crippen LogP) is 2.99. The van der Waals surface area contributed by atoms with Crippen LogP contribution in [-0.4, -0.2) is 4.98 Å². The van der Waals surface area contributed by atoms with Crippen LogP contribution < -0.4 is 0 Å². The Morgan fingerprint density at radius 1 is 1.57 bits per heavy atom. The Bertz CT molecular complexity index is 364. The number of rotatable bonds is 2. The second kappa shape index (κ2) is 4.42. The maximum absolute atomic E-state index is 13.0. The molecular formula is C8H4BrF3N2. The van der Waals surface area contributed by atoms with Gasteiger partial charge in [0.1, 0.15) is 10.4 Å². The number of halogens is 4. The Hall–Kier alpha value is -1.09. The summed E-state index contributed by atoms with van der Waals surface area (Å²) in [5.41, 5.74) is -0.645. The Kier molecular flexibility index (Phi) is 3.47. The van der Waals surface area contributed by atoms with Crippen molar-refractivity contribution in [1.29, 1.82) is 5.26 Å². The van der Waals surface area contributed by atoms with Crippen molar-refractivity contribution in [2.45, 2.75) is 12.8 Å². The number of hydrogen-bond acceptors (Lipinski definition) is 2. The molecule has 0 amide bonds. The lowest BCUT2D eigenvalue weighted by atomic mass is 10.2. The van der Waals surface area contributed by atoms with E-state index in [9.17, 15) is 13.2 Å². The molecule has 1 aromatic heterocycles. The van der Waals surface area contributed by atoms with Crippen LogP contribution in [0.2, 0.25) is 0 Å². The molecule has 0 aromatic carbocycles. The van der Waals surface area contributed by atoms with Crippen molar-refractivity contribution in [3.05, 3.63) is 27.7 Å². The van der Waals surface area contributed by atoms with Crippen LogP contribution in [0.4, 0.5) is 13.2 Å². The number of pyridine rings is 1. The molecule has 0 spiro atoms. The third kappa shape index (κ3) is 2.23. The summed E-state index contributed by atoms with van der Waals surface area (Å²) in [5, 5.41) is 8.30. The van der Waals surface area contributed by atoms with Crippen LogP contribution in [0.15, 0.2) is 10.7 Å². The minimum absolute atomic E-state index is 0.112. The van der Waals surface area contributed by atoms with Crippen molar-refractivity contribution >= 4 is 15.9 Å². The Morgan fingerprint density at radius 3 is 2.64 bits per heavy atom. The third-order valence-corrected chi connectivity index (χ3v) is 2.10.